The molecule has 0 unspecified atom stereocenters. The molecule has 0 atom stereocenters. The molecule has 0 aliphatic rings. The van der Waals surface area contributed by atoms with Gasteiger partial charge in [-0.05, 0) is 15.9 Å². The van der Waals surface area contributed by atoms with Gasteiger partial charge in [0.25, 0.3) is 0 Å². The molecular weight excluding hydrogens is 268 g/mol. The minimum absolute atomic E-state index is 0. The quantitative estimate of drug-likeness (QED) is 0.481. The van der Waals surface area contributed by atoms with Crippen LogP contribution in [0.25, 0.3) is 0 Å². The Hall–Kier alpha value is -0.950. The fourth-order valence-electron chi connectivity index (χ4n) is 0.616. The van der Waals surface area contributed by atoms with Crippen LogP contribution >= 0.6 is 28.3 Å². The summed E-state index contributed by atoms with van der Waals surface area (Å²) in [6, 6.07) is 0.970. The number of hydrogen-bond acceptors (Lipinski definition) is 4. The Balaban J connectivity index is 0.00000144. The first kappa shape index (κ1) is 12.0. The first-order valence-corrected chi connectivity index (χ1v) is 3.57. The summed E-state index contributed by atoms with van der Waals surface area (Å²) in [6.45, 7) is 0. The Kier molecular flexibility index (Phi) is 4.02. The summed E-state index contributed by atoms with van der Waals surface area (Å²) in [5.41, 5.74) is 4.66. The molecule has 0 radical (unpaired) electrons. The van der Waals surface area contributed by atoms with Crippen molar-refractivity contribution in [1.82, 2.24) is 4.98 Å². The maximum Gasteiger partial charge on any atom is 0.312 e. The van der Waals surface area contributed by atoms with Crippen LogP contribution in [0.2, 0.25) is 0 Å². The van der Waals surface area contributed by atoms with Gasteiger partial charge in [0.05, 0.1) is 9.40 Å². The lowest BCUT2D eigenvalue weighted by Crippen LogP contribution is -2.00. The summed E-state index contributed by atoms with van der Waals surface area (Å²) >= 11 is 2.75. The number of pyridine rings is 1. The van der Waals surface area contributed by atoms with E-state index >= 15 is 0 Å². The van der Waals surface area contributed by atoms with E-state index in [2.05, 4.69) is 20.9 Å². The molecule has 0 aliphatic carbocycles. The Morgan fingerprint density at radius 3 is 2.69 bits per heavy atom. The molecule has 1 aromatic heterocycles. The van der Waals surface area contributed by atoms with Crippen molar-refractivity contribution in [2.24, 2.45) is 0 Å². The number of halogens is 3. The fraction of sp³-hybridized carbons (Fsp3) is 0. The molecule has 1 aromatic rings. The largest absolute Gasteiger partial charge is 0.378 e. The summed E-state index contributed by atoms with van der Waals surface area (Å²) < 4.78 is 12.5. The van der Waals surface area contributed by atoms with Crippen LogP contribution < -0.4 is 5.73 Å². The number of nitro groups is 1. The highest BCUT2D eigenvalue weighted by Gasteiger charge is 2.16. The molecule has 1 heterocycles. The molecule has 0 spiro atoms. The summed E-state index contributed by atoms with van der Waals surface area (Å²) in [4.78, 5) is 12.6. The van der Waals surface area contributed by atoms with Gasteiger partial charge in [-0.15, -0.1) is 12.4 Å². The van der Waals surface area contributed by atoms with Gasteiger partial charge < -0.3 is 5.73 Å². The average Bonchev–Trinajstić information content (AvgIpc) is 1.96. The number of nitrogens with zero attached hydrogens (tertiary/aromatic N) is 2. The van der Waals surface area contributed by atoms with Crippen LogP contribution in [-0.4, -0.2) is 9.91 Å². The van der Waals surface area contributed by atoms with E-state index < -0.39 is 22.4 Å². The zero-order valence-electron chi connectivity index (χ0n) is 6.03. The van der Waals surface area contributed by atoms with Gasteiger partial charge in [0, 0.05) is 6.07 Å². The summed E-state index contributed by atoms with van der Waals surface area (Å²) in [5.74, 6) is -1.29. The zero-order valence-corrected chi connectivity index (χ0v) is 8.43. The van der Waals surface area contributed by atoms with E-state index in [1.54, 1.807) is 0 Å². The Bertz CT molecular complexity index is 349. The number of nitrogen functional groups attached to an aromatic ring is 1. The second-order valence-corrected chi connectivity index (χ2v) is 2.78. The molecule has 0 aliphatic heterocycles. The predicted molar refractivity (Wildman–Crippen MR) is 50.2 cm³/mol. The highest BCUT2D eigenvalue weighted by atomic mass is 79.9. The monoisotopic (exact) mass is 271 g/mol. The normalized spacial score (nSPS) is 9.08. The molecule has 72 valence electrons. The lowest BCUT2D eigenvalue weighted by atomic mass is 10.4. The number of nitrogens with two attached hydrogens (primary N) is 1. The van der Waals surface area contributed by atoms with E-state index in [1.165, 1.54) is 0 Å². The molecule has 2 N–H and O–H groups in total. The summed E-state index contributed by atoms with van der Waals surface area (Å²) in [6.07, 6.45) is 0. The molecule has 0 saturated carbocycles. The maximum absolute atomic E-state index is 12.6. The van der Waals surface area contributed by atoms with Gasteiger partial charge in [-0.3, -0.25) is 10.1 Å². The Labute approximate surface area is 86.8 Å². The van der Waals surface area contributed by atoms with Crippen molar-refractivity contribution < 1.29 is 9.31 Å². The molecular formula is C5H4BrClFN3O2. The van der Waals surface area contributed by atoms with Gasteiger partial charge in [0.1, 0.15) is 0 Å². The minimum Gasteiger partial charge on any atom is -0.378 e. The zero-order chi connectivity index (χ0) is 9.30. The lowest BCUT2D eigenvalue weighted by Gasteiger charge is -1.97. The van der Waals surface area contributed by atoms with Gasteiger partial charge in [-0.2, -0.15) is 9.37 Å². The van der Waals surface area contributed by atoms with Crippen LogP contribution in [0.3, 0.4) is 0 Å². The van der Waals surface area contributed by atoms with E-state index in [-0.39, 0.29) is 16.9 Å². The van der Waals surface area contributed by atoms with Crippen molar-refractivity contribution in [2.75, 3.05) is 5.73 Å². The highest BCUT2D eigenvalue weighted by Crippen LogP contribution is 2.24. The lowest BCUT2D eigenvalue weighted by molar-refractivity contribution is -0.384. The Morgan fingerprint density at radius 2 is 2.23 bits per heavy atom. The van der Waals surface area contributed by atoms with E-state index in [1.807, 2.05) is 0 Å². The predicted octanol–water partition coefficient (Wildman–Crippen LogP) is 1.90. The number of rotatable bonds is 1. The van der Waals surface area contributed by atoms with Crippen molar-refractivity contribution in [3.05, 3.63) is 26.6 Å². The molecule has 13 heavy (non-hydrogen) atoms. The van der Waals surface area contributed by atoms with Crippen molar-refractivity contribution >= 4 is 39.8 Å². The summed E-state index contributed by atoms with van der Waals surface area (Å²) in [5, 5.41) is 10.2. The van der Waals surface area contributed by atoms with E-state index in [9.17, 15) is 14.5 Å². The molecule has 5 nitrogen and oxygen atoms in total. The highest BCUT2D eigenvalue weighted by molar-refractivity contribution is 9.10. The van der Waals surface area contributed by atoms with Gasteiger partial charge in [0.2, 0.25) is 11.8 Å². The smallest absolute Gasteiger partial charge is 0.312 e. The molecule has 0 saturated heterocycles. The topological polar surface area (TPSA) is 82.0 Å². The van der Waals surface area contributed by atoms with Crippen molar-refractivity contribution in [3.8, 4) is 0 Å². The SMILES string of the molecule is Cl.Nc1nc(F)c(Br)cc1[N+](=O)[O-]. The number of aromatic nitrogens is 1. The first-order chi connectivity index (χ1) is 5.52. The third kappa shape index (κ3) is 2.49. The third-order valence-corrected chi connectivity index (χ3v) is 1.69. The molecule has 0 bridgehead atoms. The first-order valence-electron chi connectivity index (χ1n) is 2.78. The van der Waals surface area contributed by atoms with Crippen LogP contribution in [0.1, 0.15) is 0 Å². The van der Waals surface area contributed by atoms with Gasteiger partial charge >= 0.3 is 5.69 Å². The van der Waals surface area contributed by atoms with Gasteiger partial charge in [-0.1, -0.05) is 0 Å². The van der Waals surface area contributed by atoms with Crippen LogP contribution in [-0.2, 0) is 0 Å². The molecule has 0 aromatic carbocycles. The third-order valence-electron chi connectivity index (χ3n) is 1.14. The minimum atomic E-state index is -0.863. The maximum atomic E-state index is 12.6. The van der Waals surface area contributed by atoms with Crippen LogP contribution in [0.4, 0.5) is 15.9 Å². The average molecular weight is 272 g/mol. The van der Waals surface area contributed by atoms with Gasteiger partial charge in [0.15, 0.2) is 0 Å². The van der Waals surface area contributed by atoms with E-state index in [0.717, 1.165) is 6.07 Å². The van der Waals surface area contributed by atoms with Crippen molar-refractivity contribution in [1.29, 1.82) is 0 Å². The second-order valence-electron chi connectivity index (χ2n) is 1.92. The number of anilines is 1. The van der Waals surface area contributed by atoms with Crippen LogP contribution in [0.15, 0.2) is 10.5 Å². The van der Waals surface area contributed by atoms with Gasteiger partial charge in [-0.25, -0.2) is 0 Å². The van der Waals surface area contributed by atoms with Crippen molar-refractivity contribution in [3.63, 3.8) is 0 Å². The van der Waals surface area contributed by atoms with E-state index in [0.29, 0.717) is 0 Å². The van der Waals surface area contributed by atoms with E-state index in [4.69, 9.17) is 5.73 Å². The molecule has 8 heteroatoms. The molecule has 1 rings (SSSR count). The van der Waals surface area contributed by atoms with Crippen molar-refractivity contribution in [2.45, 2.75) is 0 Å². The van der Waals surface area contributed by atoms with Crippen LogP contribution in [0, 0.1) is 16.1 Å². The summed E-state index contributed by atoms with van der Waals surface area (Å²) in [7, 11) is 0. The molecule has 0 amide bonds. The number of hydrogen-bond donors (Lipinski definition) is 1. The standard InChI is InChI=1S/C5H3BrFN3O2.ClH/c6-2-1-3(10(11)12)5(8)9-4(2)7;/h1H,(H2,8,9);1H. The van der Waals surface area contributed by atoms with Crippen LogP contribution in [0.5, 0.6) is 0 Å². The fourth-order valence-corrected chi connectivity index (χ4v) is 0.922. The molecule has 0 fully saturated rings. The Morgan fingerprint density at radius 1 is 1.69 bits per heavy atom. The second kappa shape index (κ2) is 4.33.